The van der Waals surface area contributed by atoms with E-state index in [9.17, 15) is 4.79 Å². The summed E-state index contributed by atoms with van der Waals surface area (Å²) in [5.41, 5.74) is 1.31. The average Bonchev–Trinajstić information content (AvgIpc) is 2.84. The number of aromatic nitrogens is 1. The lowest BCUT2D eigenvalue weighted by Gasteiger charge is -2.06. The van der Waals surface area contributed by atoms with Crippen LogP contribution >= 0.6 is 22.9 Å². The van der Waals surface area contributed by atoms with Gasteiger partial charge in [-0.15, -0.1) is 11.3 Å². The number of amides is 1. The number of thiazole rings is 1. The molecule has 0 atom stereocenters. The molecule has 2 aromatic rings. The number of carbonyl (C=O) groups excluding carboxylic acids is 1. The maximum Gasteiger partial charge on any atom is 0.248 e. The zero-order chi connectivity index (χ0) is 14.5. The van der Waals surface area contributed by atoms with Crippen LogP contribution in [0.1, 0.15) is 10.7 Å². The Kier molecular flexibility index (Phi) is 4.76. The van der Waals surface area contributed by atoms with E-state index in [4.69, 9.17) is 16.3 Å². The molecular weight excluding hydrogens is 296 g/mol. The van der Waals surface area contributed by atoms with Gasteiger partial charge in [0.15, 0.2) is 0 Å². The van der Waals surface area contributed by atoms with Gasteiger partial charge in [-0.2, -0.15) is 0 Å². The van der Waals surface area contributed by atoms with E-state index in [-0.39, 0.29) is 5.91 Å². The molecule has 0 fully saturated rings. The molecule has 0 unspecified atom stereocenters. The van der Waals surface area contributed by atoms with Crippen molar-refractivity contribution in [1.82, 2.24) is 4.98 Å². The molecule has 0 saturated heterocycles. The van der Waals surface area contributed by atoms with Gasteiger partial charge >= 0.3 is 0 Å². The third kappa shape index (κ3) is 3.82. The molecular formula is C14H13ClN2O2S. The lowest BCUT2D eigenvalue weighted by molar-refractivity contribution is -0.111. The molecule has 0 aliphatic heterocycles. The van der Waals surface area contributed by atoms with Crippen LogP contribution in [0.15, 0.2) is 29.7 Å². The molecule has 0 bridgehead atoms. The first-order valence-corrected chi connectivity index (χ1v) is 7.09. The van der Waals surface area contributed by atoms with Gasteiger partial charge in [-0.05, 0) is 25.1 Å². The summed E-state index contributed by atoms with van der Waals surface area (Å²) in [6.45, 7) is 1.92. The molecule has 1 N–H and O–H groups in total. The van der Waals surface area contributed by atoms with Crippen LogP contribution in [0.5, 0.6) is 5.75 Å². The molecule has 1 aromatic heterocycles. The summed E-state index contributed by atoms with van der Waals surface area (Å²) in [4.78, 5) is 16.0. The fourth-order valence-electron chi connectivity index (χ4n) is 1.52. The predicted molar refractivity (Wildman–Crippen MR) is 82.5 cm³/mol. The van der Waals surface area contributed by atoms with Crippen molar-refractivity contribution in [1.29, 1.82) is 0 Å². The average molecular weight is 309 g/mol. The number of nitrogens with one attached hydrogen (secondary N) is 1. The van der Waals surface area contributed by atoms with E-state index in [0.29, 0.717) is 16.5 Å². The summed E-state index contributed by atoms with van der Waals surface area (Å²) in [7, 11) is 1.56. The van der Waals surface area contributed by atoms with Crippen LogP contribution in [-0.2, 0) is 4.79 Å². The van der Waals surface area contributed by atoms with Crippen LogP contribution < -0.4 is 10.1 Å². The van der Waals surface area contributed by atoms with E-state index in [0.717, 1.165) is 10.7 Å². The minimum atomic E-state index is -0.261. The van der Waals surface area contributed by atoms with Gasteiger partial charge in [0.05, 0.1) is 28.5 Å². The van der Waals surface area contributed by atoms with Crippen LogP contribution in [0, 0.1) is 6.92 Å². The molecule has 0 radical (unpaired) electrons. The number of methoxy groups -OCH3 is 1. The Hall–Kier alpha value is -1.85. The molecule has 0 saturated carbocycles. The lowest BCUT2D eigenvalue weighted by atomic mass is 10.3. The SMILES string of the molecule is COc1ccc(NC(=O)C=Cc2csc(C)n2)c(Cl)c1. The number of benzene rings is 1. The van der Waals surface area contributed by atoms with Crippen molar-refractivity contribution in [2.75, 3.05) is 12.4 Å². The normalized spacial score (nSPS) is 10.8. The summed E-state index contributed by atoms with van der Waals surface area (Å²) >= 11 is 7.58. The van der Waals surface area contributed by atoms with Gasteiger partial charge in [0.25, 0.3) is 0 Å². The van der Waals surface area contributed by atoms with Gasteiger partial charge < -0.3 is 10.1 Å². The van der Waals surface area contributed by atoms with Crippen LogP contribution in [0.3, 0.4) is 0 Å². The van der Waals surface area contributed by atoms with Crippen LogP contribution in [0.2, 0.25) is 5.02 Å². The third-order valence-corrected chi connectivity index (χ3v) is 3.58. The highest BCUT2D eigenvalue weighted by Crippen LogP contribution is 2.26. The number of anilines is 1. The second kappa shape index (κ2) is 6.54. The van der Waals surface area contributed by atoms with E-state index >= 15 is 0 Å². The van der Waals surface area contributed by atoms with E-state index in [1.807, 2.05) is 12.3 Å². The Morgan fingerprint density at radius 1 is 1.50 bits per heavy atom. The number of hydrogen-bond donors (Lipinski definition) is 1. The number of hydrogen-bond acceptors (Lipinski definition) is 4. The van der Waals surface area contributed by atoms with Crippen molar-refractivity contribution < 1.29 is 9.53 Å². The molecule has 20 heavy (non-hydrogen) atoms. The van der Waals surface area contributed by atoms with Gasteiger partial charge in [-0.25, -0.2) is 4.98 Å². The molecule has 1 aromatic carbocycles. The Morgan fingerprint density at radius 2 is 2.30 bits per heavy atom. The summed E-state index contributed by atoms with van der Waals surface area (Å²) in [5, 5.41) is 5.98. The Bertz CT molecular complexity index is 652. The summed E-state index contributed by atoms with van der Waals surface area (Å²) in [6, 6.07) is 5.07. The van der Waals surface area contributed by atoms with E-state index in [1.54, 1.807) is 31.4 Å². The van der Waals surface area contributed by atoms with Crippen molar-refractivity contribution in [2.24, 2.45) is 0 Å². The lowest BCUT2D eigenvalue weighted by Crippen LogP contribution is -2.08. The zero-order valence-electron chi connectivity index (χ0n) is 11.0. The fraction of sp³-hybridized carbons (Fsp3) is 0.143. The maximum atomic E-state index is 11.8. The van der Waals surface area contributed by atoms with E-state index < -0.39 is 0 Å². The van der Waals surface area contributed by atoms with Crippen molar-refractivity contribution in [3.05, 3.63) is 45.4 Å². The van der Waals surface area contributed by atoms with Crippen molar-refractivity contribution >= 4 is 40.6 Å². The molecule has 1 heterocycles. The van der Waals surface area contributed by atoms with Gasteiger partial charge in [-0.1, -0.05) is 11.6 Å². The predicted octanol–water partition coefficient (Wildman–Crippen LogP) is 3.77. The number of nitrogens with zero attached hydrogens (tertiary/aromatic N) is 1. The molecule has 4 nitrogen and oxygen atoms in total. The van der Waals surface area contributed by atoms with E-state index in [1.165, 1.54) is 17.4 Å². The van der Waals surface area contributed by atoms with Crippen LogP contribution in [0.4, 0.5) is 5.69 Å². The number of ether oxygens (including phenoxy) is 1. The van der Waals surface area contributed by atoms with Gasteiger partial charge in [0.1, 0.15) is 5.75 Å². The minimum absolute atomic E-state index is 0.261. The Balaban J connectivity index is 2.03. The van der Waals surface area contributed by atoms with Crippen molar-refractivity contribution in [2.45, 2.75) is 6.92 Å². The zero-order valence-corrected chi connectivity index (χ0v) is 12.6. The van der Waals surface area contributed by atoms with Crippen molar-refractivity contribution in [3.8, 4) is 5.75 Å². The maximum absolute atomic E-state index is 11.8. The first kappa shape index (κ1) is 14.6. The molecule has 0 spiro atoms. The summed E-state index contributed by atoms with van der Waals surface area (Å²) < 4.78 is 5.04. The molecule has 0 aliphatic rings. The number of carbonyl (C=O) groups is 1. The van der Waals surface area contributed by atoms with Gasteiger partial charge in [-0.3, -0.25) is 4.79 Å². The highest BCUT2D eigenvalue weighted by molar-refractivity contribution is 7.09. The summed E-state index contributed by atoms with van der Waals surface area (Å²) in [6.07, 6.45) is 3.09. The first-order valence-electron chi connectivity index (χ1n) is 5.83. The Morgan fingerprint density at radius 3 is 2.90 bits per heavy atom. The van der Waals surface area contributed by atoms with Crippen molar-refractivity contribution in [3.63, 3.8) is 0 Å². The molecule has 0 aliphatic carbocycles. The van der Waals surface area contributed by atoms with Crippen LogP contribution in [0.25, 0.3) is 6.08 Å². The van der Waals surface area contributed by atoms with E-state index in [2.05, 4.69) is 10.3 Å². The smallest absolute Gasteiger partial charge is 0.248 e. The highest BCUT2D eigenvalue weighted by Gasteiger charge is 2.05. The number of halogens is 1. The van der Waals surface area contributed by atoms with Crippen LogP contribution in [-0.4, -0.2) is 18.0 Å². The molecule has 6 heteroatoms. The third-order valence-electron chi connectivity index (χ3n) is 2.48. The molecule has 2 rings (SSSR count). The fourth-order valence-corrected chi connectivity index (χ4v) is 2.31. The second-order valence-corrected chi connectivity index (χ2v) is 5.43. The second-order valence-electron chi connectivity index (χ2n) is 3.96. The Labute approximate surface area is 126 Å². The molecule has 104 valence electrons. The summed E-state index contributed by atoms with van der Waals surface area (Å²) in [5.74, 6) is 0.379. The largest absolute Gasteiger partial charge is 0.497 e. The monoisotopic (exact) mass is 308 g/mol. The number of aryl methyl sites for hydroxylation is 1. The van der Waals surface area contributed by atoms with Gasteiger partial charge in [0, 0.05) is 17.5 Å². The minimum Gasteiger partial charge on any atom is -0.497 e. The molecule has 1 amide bonds. The quantitative estimate of drug-likeness (QED) is 0.875. The first-order chi connectivity index (χ1) is 9.58. The number of rotatable bonds is 4. The standard InChI is InChI=1S/C14H13ClN2O2S/c1-9-16-10(8-20-9)3-6-14(18)17-13-5-4-11(19-2)7-12(13)15/h3-8H,1-2H3,(H,17,18). The topological polar surface area (TPSA) is 51.2 Å². The van der Waals surface area contributed by atoms with Gasteiger partial charge in [0.2, 0.25) is 5.91 Å². The highest BCUT2D eigenvalue weighted by atomic mass is 35.5.